The Labute approximate surface area is 124 Å². The van der Waals surface area contributed by atoms with Gasteiger partial charge in [-0.2, -0.15) is 0 Å². The van der Waals surface area contributed by atoms with Gasteiger partial charge in [-0.25, -0.2) is 8.78 Å². The first-order valence-corrected chi connectivity index (χ1v) is 7.73. The smallest absolute Gasteiger partial charge is 0.149 e. The van der Waals surface area contributed by atoms with Crippen LogP contribution in [0, 0.1) is 11.6 Å². The number of fused-ring (bicyclic) bond motifs is 1. The van der Waals surface area contributed by atoms with Crippen molar-refractivity contribution in [3.8, 4) is 0 Å². The highest BCUT2D eigenvalue weighted by Gasteiger charge is 2.36. The zero-order valence-electron chi connectivity index (χ0n) is 12.7. The van der Waals surface area contributed by atoms with Crippen LogP contribution in [0.3, 0.4) is 0 Å². The minimum atomic E-state index is -0.446. The first kappa shape index (κ1) is 14.7. The molecule has 5 heteroatoms. The summed E-state index contributed by atoms with van der Waals surface area (Å²) in [5.74, 6) is -0.892. The van der Waals surface area contributed by atoms with Crippen molar-refractivity contribution in [2.24, 2.45) is 0 Å². The van der Waals surface area contributed by atoms with Crippen molar-refractivity contribution in [2.45, 2.75) is 38.4 Å². The first-order chi connectivity index (χ1) is 10.1. The topological polar surface area (TPSA) is 18.5 Å². The summed E-state index contributed by atoms with van der Waals surface area (Å²) in [5.41, 5.74) is 0.789. The molecule has 2 aliphatic heterocycles. The molecule has 2 unspecified atom stereocenters. The number of nitrogens with zero attached hydrogens (tertiary/aromatic N) is 2. The van der Waals surface area contributed by atoms with Gasteiger partial charge in [-0.1, -0.05) is 0 Å². The zero-order chi connectivity index (χ0) is 15.0. The van der Waals surface area contributed by atoms with Gasteiger partial charge < -0.3 is 10.2 Å². The molecule has 1 aromatic rings. The van der Waals surface area contributed by atoms with Gasteiger partial charge in [-0.3, -0.25) is 4.90 Å². The molecule has 0 aromatic heterocycles. The molecule has 1 N–H and O–H groups in total. The summed E-state index contributed by atoms with van der Waals surface area (Å²) in [4.78, 5) is 4.37. The van der Waals surface area contributed by atoms with Crippen LogP contribution in [0.1, 0.15) is 25.3 Å². The van der Waals surface area contributed by atoms with E-state index in [2.05, 4.69) is 17.1 Å². The van der Waals surface area contributed by atoms with Crippen molar-refractivity contribution in [1.82, 2.24) is 10.2 Å². The van der Waals surface area contributed by atoms with E-state index in [1.807, 2.05) is 4.90 Å². The SMILES string of the molecule is CNCc1cc(F)c(N2CC3CCCN3CC2C)c(F)c1. The van der Waals surface area contributed by atoms with Gasteiger partial charge in [0.05, 0.1) is 0 Å². The van der Waals surface area contributed by atoms with Gasteiger partial charge in [0.1, 0.15) is 17.3 Å². The summed E-state index contributed by atoms with van der Waals surface area (Å²) in [6, 6.07) is 3.47. The molecule has 1 aromatic carbocycles. The highest BCUT2D eigenvalue weighted by molar-refractivity contribution is 5.52. The fraction of sp³-hybridized carbons (Fsp3) is 0.625. The van der Waals surface area contributed by atoms with Crippen molar-refractivity contribution in [2.75, 3.05) is 31.6 Å². The van der Waals surface area contributed by atoms with Gasteiger partial charge in [0.15, 0.2) is 0 Å². The van der Waals surface area contributed by atoms with Crippen LogP contribution in [-0.4, -0.2) is 43.7 Å². The van der Waals surface area contributed by atoms with E-state index in [4.69, 9.17) is 0 Å². The van der Waals surface area contributed by atoms with Gasteiger partial charge in [0, 0.05) is 31.7 Å². The minimum absolute atomic E-state index is 0.138. The molecule has 3 nitrogen and oxygen atoms in total. The zero-order valence-corrected chi connectivity index (χ0v) is 12.7. The molecular formula is C16H23F2N3. The van der Waals surface area contributed by atoms with Crippen molar-refractivity contribution >= 4 is 5.69 Å². The third-order valence-electron chi connectivity index (χ3n) is 4.68. The monoisotopic (exact) mass is 295 g/mol. The Kier molecular flexibility index (Phi) is 4.13. The molecule has 116 valence electrons. The highest BCUT2D eigenvalue weighted by atomic mass is 19.1. The maximum absolute atomic E-state index is 14.4. The number of halogens is 2. The van der Waals surface area contributed by atoms with Crippen molar-refractivity contribution in [3.63, 3.8) is 0 Å². The van der Waals surface area contributed by atoms with Crippen molar-refractivity contribution in [3.05, 3.63) is 29.3 Å². The molecule has 2 saturated heterocycles. The van der Waals surface area contributed by atoms with Crippen LogP contribution in [0.25, 0.3) is 0 Å². The quantitative estimate of drug-likeness (QED) is 0.923. The van der Waals surface area contributed by atoms with E-state index in [0.29, 0.717) is 18.2 Å². The van der Waals surface area contributed by atoms with Crippen LogP contribution in [0.5, 0.6) is 0 Å². The Hall–Kier alpha value is -1.20. The molecule has 0 aliphatic carbocycles. The van der Waals surface area contributed by atoms with Crippen molar-refractivity contribution < 1.29 is 8.78 Å². The fourth-order valence-corrected chi connectivity index (χ4v) is 3.70. The normalized spacial score (nSPS) is 26.2. The predicted octanol–water partition coefficient (Wildman–Crippen LogP) is 2.36. The number of hydrogen-bond donors (Lipinski definition) is 1. The second-order valence-electron chi connectivity index (χ2n) is 6.23. The summed E-state index contributed by atoms with van der Waals surface area (Å²) < 4.78 is 28.8. The third-order valence-corrected chi connectivity index (χ3v) is 4.68. The Balaban J connectivity index is 1.88. The maximum atomic E-state index is 14.4. The van der Waals surface area contributed by atoms with Gasteiger partial charge in [0.2, 0.25) is 0 Å². The average molecular weight is 295 g/mol. The van der Waals surface area contributed by atoms with Crippen LogP contribution in [0.4, 0.5) is 14.5 Å². The molecule has 0 spiro atoms. The fourth-order valence-electron chi connectivity index (χ4n) is 3.70. The molecule has 2 heterocycles. The molecule has 0 radical (unpaired) electrons. The Morgan fingerprint density at radius 1 is 1.24 bits per heavy atom. The van der Waals surface area contributed by atoms with E-state index in [9.17, 15) is 8.78 Å². The number of anilines is 1. The molecule has 21 heavy (non-hydrogen) atoms. The van der Waals surface area contributed by atoms with Gasteiger partial charge >= 0.3 is 0 Å². The predicted molar refractivity (Wildman–Crippen MR) is 80.5 cm³/mol. The number of hydrogen-bond acceptors (Lipinski definition) is 3. The number of rotatable bonds is 3. The molecule has 2 fully saturated rings. The van der Waals surface area contributed by atoms with Crippen molar-refractivity contribution in [1.29, 1.82) is 0 Å². The number of nitrogens with one attached hydrogen (secondary N) is 1. The lowest BCUT2D eigenvalue weighted by Gasteiger charge is -2.43. The molecule has 0 amide bonds. The molecule has 3 rings (SSSR count). The van der Waals surface area contributed by atoms with E-state index in [1.165, 1.54) is 18.6 Å². The van der Waals surface area contributed by atoms with E-state index in [0.717, 1.165) is 26.1 Å². The largest absolute Gasteiger partial charge is 0.361 e. The number of benzene rings is 1. The van der Waals surface area contributed by atoms with E-state index < -0.39 is 11.6 Å². The van der Waals surface area contributed by atoms with Crippen LogP contribution in [-0.2, 0) is 6.54 Å². The summed E-state index contributed by atoms with van der Waals surface area (Å²) in [6.07, 6.45) is 2.32. The maximum Gasteiger partial charge on any atom is 0.149 e. The van der Waals surface area contributed by atoms with Crippen LogP contribution < -0.4 is 10.2 Å². The van der Waals surface area contributed by atoms with Gasteiger partial charge in [-0.05, 0) is 51.1 Å². The standard InChI is InChI=1S/C16H23F2N3/c1-11-9-20-5-3-4-13(20)10-21(11)16-14(17)6-12(8-19-2)7-15(16)18/h6-7,11,13,19H,3-5,8-10H2,1-2H3. The molecule has 2 aliphatic rings. The Morgan fingerprint density at radius 2 is 1.95 bits per heavy atom. The Morgan fingerprint density at radius 3 is 2.62 bits per heavy atom. The number of piperazine rings is 1. The summed E-state index contributed by atoms with van der Waals surface area (Å²) in [5, 5.41) is 2.92. The summed E-state index contributed by atoms with van der Waals surface area (Å²) in [7, 11) is 1.77. The highest BCUT2D eigenvalue weighted by Crippen LogP contribution is 2.32. The van der Waals surface area contributed by atoms with E-state index >= 15 is 0 Å². The second-order valence-corrected chi connectivity index (χ2v) is 6.23. The molecular weight excluding hydrogens is 272 g/mol. The Bertz CT molecular complexity index is 497. The van der Waals surface area contributed by atoms with Crippen LogP contribution in [0.15, 0.2) is 12.1 Å². The lowest BCUT2D eigenvalue weighted by Crippen LogP contribution is -2.55. The van der Waals surface area contributed by atoms with Gasteiger partial charge in [0.25, 0.3) is 0 Å². The van der Waals surface area contributed by atoms with Crippen LogP contribution >= 0.6 is 0 Å². The second kappa shape index (κ2) is 5.89. The van der Waals surface area contributed by atoms with E-state index in [1.54, 1.807) is 7.05 Å². The minimum Gasteiger partial charge on any atom is -0.361 e. The lowest BCUT2D eigenvalue weighted by atomic mass is 10.1. The third kappa shape index (κ3) is 2.77. The summed E-state index contributed by atoms with van der Waals surface area (Å²) in [6.45, 7) is 5.26. The van der Waals surface area contributed by atoms with Crippen LogP contribution in [0.2, 0.25) is 0 Å². The van der Waals surface area contributed by atoms with Gasteiger partial charge in [-0.15, -0.1) is 0 Å². The first-order valence-electron chi connectivity index (χ1n) is 7.73. The average Bonchev–Trinajstić information content (AvgIpc) is 2.85. The lowest BCUT2D eigenvalue weighted by molar-refractivity contribution is 0.201. The van der Waals surface area contributed by atoms with E-state index in [-0.39, 0.29) is 11.7 Å². The summed E-state index contributed by atoms with van der Waals surface area (Å²) >= 11 is 0. The molecule has 0 bridgehead atoms. The molecule has 2 atom stereocenters. The molecule has 0 saturated carbocycles.